The van der Waals surface area contributed by atoms with Crippen molar-refractivity contribution < 1.29 is 41.0 Å². The summed E-state index contributed by atoms with van der Waals surface area (Å²) in [6.07, 6.45) is -5.13. The van der Waals surface area contributed by atoms with Crippen molar-refractivity contribution in [2.75, 3.05) is 24.7 Å². The standard InChI is InChI=1S/C20H23F2N11O8P2S2/c21-9-1-8(39-19(9)32-6-29-12-15(23)25-4-27-17(12)32)2-37-42(35)41-14-10(3-38-43(36,44)45-31-34)40-20(11(14)22)33-7-30-13-16(24)26-5-28-18(13)33/h4-11,14,19-20,42H,1-3H2,(H,36,44)(H2,23,25,27)(H2,24,26,28)/t8-,9+,10+,11+,14+,19+,20+,43-/m0/s1. The summed E-state index contributed by atoms with van der Waals surface area (Å²) in [7, 11) is -3.47. The molecular weight excluding hydrogens is 686 g/mol. The Balaban J connectivity index is 1.13. The number of nitrogens with zero attached hydrogens (tertiary/aromatic N) is 9. The normalized spacial score (nSPS) is 28.9. The van der Waals surface area contributed by atoms with Gasteiger partial charge in [-0.25, -0.2) is 38.7 Å². The molecule has 9 atom stereocenters. The average Bonchev–Trinajstić information content (AvgIpc) is 3.77. The van der Waals surface area contributed by atoms with Crippen LogP contribution in [0.1, 0.15) is 18.9 Å². The highest BCUT2D eigenvalue weighted by molar-refractivity contribution is 8.84. The molecule has 0 saturated carbocycles. The predicted molar refractivity (Wildman–Crippen MR) is 157 cm³/mol. The lowest BCUT2D eigenvalue weighted by molar-refractivity contribution is -0.0414. The summed E-state index contributed by atoms with van der Waals surface area (Å²) in [5, 5.41) is 0. The van der Waals surface area contributed by atoms with Crippen molar-refractivity contribution in [3.8, 4) is 0 Å². The van der Waals surface area contributed by atoms with E-state index in [9.17, 15) is 18.4 Å². The maximum Gasteiger partial charge on any atom is 0.335 e. The van der Waals surface area contributed by atoms with Crippen LogP contribution in [0.2, 0.25) is 0 Å². The Hall–Kier alpha value is -2.88. The molecule has 2 aliphatic rings. The van der Waals surface area contributed by atoms with Gasteiger partial charge in [0, 0.05) is 11.0 Å². The van der Waals surface area contributed by atoms with Crippen LogP contribution >= 0.6 is 37.8 Å². The zero-order valence-corrected chi connectivity index (χ0v) is 26.1. The minimum Gasteiger partial charge on any atom is -0.382 e. The number of ether oxygens (including phenoxy) is 2. The molecule has 242 valence electrons. The fraction of sp³-hybridized carbons (Fsp3) is 0.500. The molecule has 0 spiro atoms. The summed E-state index contributed by atoms with van der Waals surface area (Å²) in [4.78, 5) is 34.6. The number of nitrogen functional groups attached to an aromatic ring is 2. The Kier molecular flexibility index (Phi) is 9.33. The molecule has 1 unspecified atom stereocenters. The first-order valence-corrected chi connectivity index (χ1v) is 18.2. The van der Waals surface area contributed by atoms with Gasteiger partial charge in [-0.3, -0.25) is 18.3 Å². The number of aromatic nitrogens is 8. The summed E-state index contributed by atoms with van der Waals surface area (Å²) >= 11 is 3.82. The van der Waals surface area contributed by atoms with Gasteiger partial charge in [0.2, 0.25) is 0 Å². The van der Waals surface area contributed by atoms with E-state index in [0.29, 0.717) is 0 Å². The van der Waals surface area contributed by atoms with Crippen LogP contribution in [0.3, 0.4) is 0 Å². The van der Waals surface area contributed by atoms with E-state index in [1.165, 1.54) is 28.1 Å². The van der Waals surface area contributed by atoms with Crippen LogP contribution < -0.4 is 11.5 Å². The number of nitroso groups, excluding NO2 is 1. The highest BCUT2D eigenvalue weighted by atomic mass is 33.1. The van der Waals surface area contributed by atoms with Gasteiger partial charge in [0.15, 0.2) is 41.6 Å². The fourth-order valence-corrected chi connectivity index (χ4v) is 7.30. The number of halogens is 2. The second-order valence-electron chi connectivity index (χ2n) is 9.64. The molecule has 2 saturated heterocycles. The second-order valence-corrected chi connectivity index (χ2v) is 16.5. The molecular formula is C20H23F2N11O8P2S2. The number of hydrogen-bond acceptors (Lipinski definition) is 18. The first kappa shape index (κ1) is 32.1. The molecule has 6 heterocycles. The van der Waals surface area contributed by atoms with Crippen molar-refractivity contribution in [1.29, 1.82) is 0 Å². The van der Waals surface area contributed by atoms with Crippen molar-refractivity contribution in [3.63, 3.8) is 0 Å². The number of fused-ring (bicyclic) bond motifs is 2. The Morgan fingerprint density at radius 1 is 1.02 bits per heavy atom. The minimum atomic E-state index is -3.89. The van der Waals surface area contributed by atoms with Gasteiger partial charge in [-0.1, -0.05) is 12.2 Å². The van der Waals surface area contributed by atoms with Crippen molar-refractivity contribution in [3.05, 3.63) is 30.2 Å². The van der Waals surface area contributed by atoms with E-state index >= 15 is 4.39 Å². The lowest BCUT2D eigenvalue weighted by Crippen LogP contribution is -2.32. The highest BCUT2D eigenvalue weighted by Gasteiger charge is 2.49. The maximum absolute atomic E-state index is 15.9. The van der Waals surface area contributed by atoms with Gasteiger partial charge in [-0.15, -0.1) is 4.91 Å². The van der Waals surface area contributed by atoms with Crippen molar-refractivity contribution in [1.82, 2.24) is 39.0 Å². The Bertz CT molecular complexity index is 1790. The van der Waals surface area contributed by atoms with E-state index < -0.39 is 63.7 Å². The molecule has 0 bridgehead atoms. The molecule has 4 aromatic heterocycles. The Morgan fingerprint density at radius 2 is 1.64 bits per heavy atom. The lowest BCUT2D eigenvalue weighted by Gasteiger charge is -2.20. The highest BCUT2D eigenvalue weighted by Crippen LogP contribution is 2.64. The van der Waals surface area contributed by atoms with E-state index in [1.54, 1.807) is 0 Å². The smallest absolute Gasteiger partial charge is 0.335 e. The molecule has 2 aliphatic heterocycles. The fourth-order valence-electron chi connectivity index (χ4n) is 4.90. The quantitative estimate of drug-likeness (QED) is 0.0827. The third-order valence-electron chi connectivity index (χ3n) is 6.88. The summed E-state index contributed by atoms with van der Waals surface area (Å²) in [6.45, 7) is -0.975. The van der Waals surface area contributed by atoms with E-state index in [1.807, 2.05) is 0 Å². The van der Waals surface area contributed by atoms with Gasteiger partial charge in [0.05, 0.1) is 32.0 Å². The number of nitrogens with two attached hydrogens (primary N) is 2. The summed E-state index contributed by atoms with van der Waals surface area (Å²) < 4.78 is 88.6. The van der Waals surface area contributed by atoms with Gasteiger partial charge in [-0.2, -0.15) is 0 Å². The third kappa shape index (κ3) is 6.54. The van der Waals surface area contributed by atoms with Crippen molar-refractivity contribution >= 4 is 71.8 Å². The Morgan fingerprint density at radius 3 is 2.27 bits per heavy atom. The molecule has 0 amide bonds. The molecule has 4 aromatic rings. The number of thiol groups is 1. The second kappa shape index (κ2) is 13.1. The molecule has 6 rings (SSSR count). The first-order valence-electron chi connectivity index (χ1n) is 12.8. The van der Waals surface area contributed by atoms with Crippen molar-refractivity contribution in [2.45, 2.75) is 49.5 Å². The van der Waals surface area contributed by atoms with Crippen LogP contribution in [0, 0.1) is 4.91 Å². The molecule has 25 heteroatoms. The number of hydrogen-bond donors (Lipinski definition) is 3. The van der Waals surface area contributed by atoms with Crippen LogP contribution in [0.5, 0.6) is 0 Å². The molecule has 19 nitrogen and oxygen atoms in total. The summed E-state index contributed by atoms with van der Waals surface area (Å²) in [5.74, 6) is -3.73. The van der Waals surface area contributed by atoms with E-state index in [-0.39, 0.29) is 58.6 Å². The molecule has 0 aromatic carbocycles. The monoisotopic (exact) mass is 709 g/mol. The maximum atomic E-state index is 15.9. The SMILES string of the molecule is Nc1ncnc2c1ncn2[C@@H]1O[C@H](CO[P@@](=O)(S)SN=O)[C@@H](O[PH](=O)OC[C@@H]2C[C@@H](F)[C@H](n3cnc4c(N)ncnc43)O2)[C@H]1F. The minimum absolute atomic E-state index is 0.0400. The molecule has 4 N–H and O–H groups in total. The number of rotatable bonds is 12. The zero-order chi connectivity index (χ0) is 31.9. The number of alkyl halides is 2. The van der Waals surface area contributed by atoms with Gasteiger partial charge >= 0.3 is 14.0 Å². The van der Waals surface area contributed by atoms with E-state index in [2.05, 4.69) is 46.7 Å². The molecule has 45 heavy (non-hydrogen) atoms. The van der Waals surface area contributed by atoms with E-state index in [4.69, 9.17) is 34.5 Å². The molecule has 0 radical (unpaired) electrons. The number of anilines is 2. The average molecular weight is 710 g/mol. The predicted octanol–water partition coefficient (Wildman–Crippen LogP) is 2.95. The molecule has 2 fully saturated rings. The topological polar surface area (TPSA) is 249 Å². The van der Waals surface area contributed by atoms with Crippen LogP contribution in [-0.2, 0) is 32.2 Å². The summed E-state index contributed by atoms with van der Waals surface area (Å²) in [6, 6.07) is 0. The van der Waals surface area contributed by atoms with Crippen molar-refractivity contribution in [2.24, 2.45) is 4.58 Å². The van der Waals surface area contributed by atoms with Crippen LogP contribution in [0.15, 0.2) is 29.9 Å². The third-order valence-corrected chi connectivity index (χ3v) is 10.6. The van der Waals surface area contributed by atoms with Gasteiger partial charge in [0.25, 0.3) is 0 Å². The summed E-state index contributed by atoms with van der Waals surface area (Å²) in [5.41, 5.74) is 12.5. The van der Waals surface area contributed by atoms with Gasteiger partial charge in [-0.05, 0) is 0 Å². The lowest BCUT2D eigenvalue weighted by atomic mass is 10.1. The van der Waals surface area contributed by atoms with Crippen LogP contribution in [0.25, 0.3) is 22.3 Å². The van der Waals surface area contributed by atoms with E-state index in [0.717, 1.165) is 6.33 Å². The number of imidazole rings is 2. The largest absolute Gasteiger partial charge is 0.382 e. The Labute approximate surface area is 260 Å². The zero-order valence-electron chi connectivity index (χ0n) is 22.5. The van der Waals surface area contributed by atoms with Crippen LogP contribution in [0.4, 0.5) is 20.4 Å². The molecule has 0 aliphatic carbocycles. The van der Waals surface area contributed by atoms with Gasteiger partial charge in [0.1, 0.15) is 53.6 Å². The first-order chi connectivity index (χ1) is 21.6. The van der Waals surface area contributed by atoms with Gasteiger partial charge < -0.3 is 34.5 Å². The van der Waals surface area contributed by atoms with Crippen LogP contribution in [-0.4, -0.2) is 82.9 Å².